The van der Waals surface area contributed by atoms with Gasteiger partial charge in [-0.1, -0.05) is 12.1 Å². The minimum atomic E-state index is -3.33. The largest absolute Gasteiger partial charge is 0.320 e. The van der Waals surface area contributed by atoms with Gasteiger partial charge in [0.15, 0.2) is 9.84 Å². The fraction of sp³-hybridized carbons (Fsp3) is 0.125. The first-order valence-electron chi connectivity index (χ1n) is 6.96. The van der Waals surface area contributed by atoms with E-state index in [0.717, 1.165) is 21.7 Å². The normalized spacial score (nSPS) is 11.4. The highest BCUT2D eigenvalue weighted by Gasteiger charge is 2.15. The Hall–Kier alpha value is -2.03. The first-order valence-corrected chi connectivity index (χ1v) is 10.6. The third kappa shape index (κ3) is 3.55. The lowest BCUT2D eigenvalue weighted by molar-refractivity contribution is 0.102. The molecule has 0 bridgehead atoms. The van der Waals surface area contributed by atoms with Gasteiger partial charge in [-0.05, 0) is 36.1 Å². The van der Waals surface area contributed by atoms with E-state index in [1.165, 1.54) is 23.5 Å². The number of aryl methyl sites for hydroxylation is 1. The van der Waals surface area contributed by atoms with Gasteiger partial charge in [-0.25, -0.2) is 13.4 Å². The lowest BCUT2D eigenvalue weighted by atomic mass is 10.2. The maximum absolute atomic E-state index is 12.4. The number of carbonyl (C=O) groups excluding carboxylic acids is 1. The number of benzene rings is 1. The average molecular weight is 379 g/mol. The van der Waals surface area contributed by atoms with Crippen molar-refractivity contribution >= 4 is 44.1 Å². The summed E-state index contributed by atoms with van der Waals surface area (Å²) in [5.74, 6) is -0.359. The van der Waals surface area contributed by atoms with Crippen molar-refractivity contribution < 1.29 is 13.2 Å². The van der Waals surface area contributed by atoms with E-state index in [-0.39, 0.29) is 10.8 Å². The van der Waals surface area contributed by atoms with Gasteiger partial charge >= 0.3 is 0 Å². The first kappa shape index (κ1) is 16.8. The predicted octanol–water partition coefficient (Wildman–Crippen LogP) is 3.84. The van der Waals surface area contributed by atoms with Crippen molar-refractivity contribution in [3.63, 3.8) is 0 Å². The van der Waals surface area contributed by atoms with Gasteiger partial charge in [-0.3, -0.25) is 4.79 Å². The van der Waals surface area contributed by atoms with Crippen LogP contribution in [0.25, 0.3) is 9.88 Å². The van der Waals surface area contributed by atoms with Crippen molar-refractivity contribution in [2.24, 2.45) is 0 Å². The van der Waals surface area contributed by atoms with Gasteiger partial charge in [0.1, 0.15) is 10.7 Å². The molecule has 0 unspecified atom stereocenters. The Morgan fingerprint density at radius 1 is 1.21 bits per heavy atom. The Kier molecular flexibility index (Phi) is 4.53. The molecule has 0 atom stereocenters. The van der Waals surface area contributed by atoms with E-state index in [9.17, 15) is 13.2 Å². The summed E-state index contributed by atoms with van der Waals surface area (Å²) in [6.45, 7) is 1.81. The topological polar surface area (TPSA) is 76.1 Å². The van der Waals surface area contributed by atoms with Gasteiger partial charge in [-0.2, -0.15) is 0 Å². The van der Waals surface area contributed by atoms with E-state index in [1.807, 2.05) is 17.5 Å². The second kappa shape index (κ2) is 6.46. The third-order valence-electron chi connectivity index (χ3n) is 3.35. The molecule has 24 heavy (non-hydrogen) atoms. The molecule has 124 valence electrons. The number of thiophene rings is 1. The van der Waals surface area contributed by atoms with Crippen molar-refractivity contribution in [2.45, 2.75) is 11.8 Å². The van der Waals surface area contributed by atoms with Crippen LogP contribution in [-0.2, 0) is 9.84 Å². The summed E-state index contributed by atoms with van der Waals surface area (Å²) in [4.78, 5) is 17.9. The van der Waals surface area contributed by atoms with Gasteiger partial charge in [0.05, 0.1) is 9.77 Å². The van der Waals surface area contributed by atoms with Crippen molar-refractivity contribution in [3.8, 4) is 9.88 Å². The number of aromatic nitrogens is 1. The molecular formula is C16H14N2O3S3. The van der Waals surface area contributed by atoms with Gasteiger partial charge in [-0.15, -0.1) is 22.7 Å². The molecule has 1 aromatic carbocycles. The molecule has 0 aliphatic carbocycles. The number of carbonyl (C=O) groups is 1. The monoisotopic (exact) mass is 378 g/mol. The van der Waals surface area contributed by atoms with E-state index >= 15 is 0 Å². The van der Waals surface area contributed by atoms with Crippen LogP contribution in [0, 0.1) is 6.92 Å². The molecule has 0 aliphatic rings. The Balaban J connectivity index is 1.85. The highest BCUT2D eigenvalue weighted by atomic mass is 32.2. The molecule has 1 amide bonds. The highest BCUT2D eigenvalue weighted by molar-refractivity contribution is 7.90. The zero-order chi connectivity index (χ0) is 17.3. The van der Waals surface area contributed by atoms with Crippen LogP contribution >= 0.6 is 22.7 Å². The minimum absolute atomic E-state index is 0.168. The van der Waals surface area contributed by atoms with Crippen LogP contribution < -0.4 is 5.32 Å². The molecule has 0 saturated carbocycles. The quantitative estimate of drug-likeness (QED) is 0.748. The Morgan fingerprint density at radius 2 is 2.00 bits per heavy atom. The van der Waals surface area contributed by atoms with Crippen LogP contribution in [0.1, 0.15) is 16.1 Å². The number of anilines is 1. The molecule has 2 aromatic heterocycles. The summed E-state index contributed by atoms with van der Waals surface area (Å²) >= 11 is 2.96. The molecule has 5 nitrogen and oxygen atoms in total. The molecule has 0 saturated heterocycles. The average Bonchev–Trinajstić information content (AvgIpc) is 3.19. The molecule has 3 aromatic rings. The number of rotatable bonds is 4. The Bertz CT molecular complexity index is 990. The van der Waals surface area contributed by atoms with E-state index in [2.05, 4.69) is 10.3 Å². The van der Waals surface area contributed by atoms with Crippen LogP contribution in [-0.4, -0.2) is 25.6 Å². The second-order valence-electron chi connectivity index (χ2n) is 5.22. The molecular weight excluding hydrogens is 364 g/mol. The number of sulfone groups is 1. The van der Waals surface area contributed by atoms with Crippen LogP contribution in [0.3, 0.4) is 0 Å². The van der Waals surface area contributed by atoms with Crippen LogP contribution in [0.4, 0.5) is 5.69 Å². The van der Waals surface area contributed by atoms with Crippen LogP contribution in [0.15, 0.2) is 46.0 Å². The first-order chi connectivity index (χ1) is 11.3. The van der Waals surface area contributed by atoms with Crippen LogP contribution in [0.5, 0.6) is 0 Å². The van der Waals surface area contributed by atoms with E-state index in [0.29, 0.717) is 11.4 Å². The van der Waals surface area contributed by atoms with E-state index in [4.69, 9.17) is 0 Å². The summed E-state index contributed by atoms with van der Waals surface area (Å²) in [5.41, 5.74) is 1.56. The van der Waals surface area contributed by atoms with Gasteiger partial charge in [0, 0.05) is 17.3 Å². The Morgan fingerprint density at radius 3 is 2.67 bits per heavy atom. The summed E-state index contributed by atoms with van der Waals surface area (Å²) in [5, 5.41) is 7.18. The zero-order valence-electron chi connectivity index (χ0n) is 12.9. The molecule has 0 spiro atoms. The number of hydrogen-bond donors (Lipinski definition) is 1. The number of thiazole rings is 1. The molecule has 3 rings (SSSR count). The van der Waals surface area contributed by atoms with E-state index < -0.39 is 9.84 Å². The summed E-state index contributed by atoms with van der Waals surface area (Å²) in [6.07, 6.45) is 1.14. The molecule has 0 radical (unpaired) electrons. The van der Waals surface area contributed by atoms with Gasteiger partial charge in [0.25, 0.3) is 5.91 Å². The second-order valence-corrected chi connectivity index (χ2v) is 9.04. The fourth-order valence-electron chi connectivity index (χ4n) is 2.04. The fourth-order valence-corrected chi connectivity index (χ4v) is 4.31. The van der Waals surface area contributed by atoms with Crippen molar-refractivity contribution in [2.75, 3.05) is 11.6 Å². The standard InChI is InChI=1S/C16H14N2O3S3/c1-10-5-6-11(24(2,20)21)8-12(10)17-15(19)13-9-23-16(18-13)14-4-3-7-22-14/h3-9H,1-2H3,(H,17,19). The van der Waals surface area contributed by atoms with Crippen molar-refractivity contribution in [3.05, 3.63) is 52.3 Å². The highest BCUT2D eigenvalue weighted by Crippen LogP contribution is 2.28. The maximum atomic E-state index is 12.4. The predicted molar refractivity (Wildman–Crippen MR) is 97.7 cm³/mol. The molecule has 0 aliphatic heterocycles. The summed E-state index contributed by atoms with van der Waals surface area (Å²) in [6, 6.07) is 8.55. The minimum Gasteiger partial charge on any atom is -0.320 e. The number of nitrogens with zero attached hydrogens (tertiary/aromatic N) is 1. The lowest BCUT2D eigenvalue weighted by Crippen LogP contribution is -2.13. The molecule has 1 N–H and O–H groups in total. The summed E-state index contributed by atoms with van der Waals surface area (Å²) in [7, 11) is -3.33. The number of amides is 1. The molecule has 2 heterocycles. The Labute approximate surface area is 147 Å². The van der Waals surface area contributed by atoms with Gasteiger partial charge < -0.3 is 5.32 Å². The van der Waals surface area contributed by atoms with Crippen LogP contribution in [0.2, 0.25) is 0 Å². The number of nitrogens with one attached hydrogen (secondary N) is 1. The lowest BCUT2D eigenvalue weighted by Gasteiger charge is -2.09. The molecule has 0 fully saturated rings. The summed E-state index contributed by atoms with van der Waals surface area (Å²) < 4.78 is 23.3. The van der Waals surface area contributed by atoms with E-state index in [1.54, 1.807) is 29.7 Å². The SMILES string of the molecule is Cc1ccc(S(C)(=O)=O)cc1NC(=O)c1csc(-c2cccs2)n1. The van der Waals surface area contributed by atoms with Gasteiger partial charge in [0.2, 0.25) is 0 Å². The number of hydrogen-bond acceptors (Lipinski definition) is 6. The zero-order valence-corrected chi connectivity index (χ0v) is 15.4. The third-order valence-corrected chi connectivity index (χ3v) is 6.35. The molecule has 8 heteroatoms. The van der Waals surface area contributed by atoms with Crippen molar-refractivity contribution in [1.82, 2.24) is 4.98 Å². The maximum Gasteiger partial charge on any atom is 0.275 e. The smallest absolute Gasteiger partial charge is 0.275 e. The van der Waals surface area contributed by atoms with Crippen molar-refractivity contribution in [1.29, 1.82) is 0 Å².